The van der Waals surface area contributed by atoms with E-state index in [0.29, 0.717) is 39.1 Å². The van der Waals surface area contributed by atoms with Crippen molar-refractivity contribution in [2.75, 3.05) is 37.6 Å². The molecule has 4 saturated heterocycles. The van der Waals surface area contributed by atoms with Crippen LogP contribution in [0.3, 0.4) is 0 Å². The number of hydrogen-bond donors (Lipinski definition) is 1. The molecule has 1 N–H and O–H groups in total. The number of fused-ring (bicyclic) bond motifs is 5. The van der Waals surface area contributed by atoms with Crippen LogP contribution in [0.4, 0.5) is 18.9 Å². The molecule has 9 nitrogen and oxygen atoms in total. The minimum atomic E-state index is -4.63. The van der Waals surface area contributed by atoms with Gasteiger partial charge in [-0.15, -0.1) is 0 Å². The van der Waals surface area contributed by atoms with Crippen molar-refractivity contribution in [1.29, 1.82) is 0 Å². The lowest BCUT2D eigenvalue weighted by molar-refractivity contribution is -0.138. The van der Waals surface area contributed by atoms with Crippen LogP contribution < -0.4 is 10.2 Å². The molecule has 0 aliphatic carbocycles. The van der Waals surface area contributed by atoms with E-state index in [9.17, 15) is 32.3 Å². The number of alkyl halides is 3. The van der Waals surface area contributed by atoms with Crippen LogP contribution in [0.25, 0.3) is 0 Å². The van der Waals surface area contributed by atoms with Gasteiger partial charge in [0.1, 0.15) is 0 Å². The van der Waals surface area contributed by atoms with Crippen molar-refractivity contribution >= 4 is 29.3 Å². The maximum absolute atomic E-state index is 13.6. The molecule has 1 aromatic carbocycles. The number of benzene rings is 1. The molecule has 12 heteroatoms. The third-order valence-corrected chi connectivity index (χ3v) is 8.93. The van der Waals surface area contributed by atoms with Gasteiger partial charge in [-0.1, -0.05) is 6.07 Å². The van der Waals surface area contributed by atoms with Gasteiger partial charge in [-0.2, -0.15) is 13.2 Å². The van der Waals surface area contributed by atoms with Gasteiger partial charge in [-0.05, 0) is 44.9 Å². The van der Waals surface area contributed by atoms with Gasteiger partial charge < -0.3 is 15.0 Å². The molecule has 5 rings (SSSR count). The molecular weight excluding hydrogens is 517 g/mol. The molecule has 4 heterocycles. The Kier molecular flexibility index (Phi) is 6.57. The Morgan fingerprint density at radius 3 is 2.33 bits per heavy atom. The van der Waals surface area contributed by atoms with Gasteiger partial charge in [0.05, 0.1) is 40.3 Å². The summed E-state index contributed by atoms with van der Waals surface area (Å²) in [6.45, 7) is 9.39. The maximum atomic E-state index is 13.6. The summed E-state index contributed by atoms with van der Waals surface area (Å²) in [6.07, 6.45) is -4.10. The third kappa shape index (κ3) is 4.51. The summed E-state index contributed by atoms with van der Waals surface area (Å²) < 4.78 is 46.9. The zero-order valence-corrected chi connectivity index (χ0v) is 22.4. The predicted molar refractivity (Wildman–Crippen MR) is 133 cm³/mol. The standard InChI is InChI=1S/C27H33F3N4O5/c1-15-5-6-17(13-18(15)27(28,29)30)34-23(37)21-22(24(34)38)26(4)19(14-25(21,3)39-26)31-20(36)7-8-32-9-11-33(12-10-32)16(2)35/h5-6,13,19,21-22H,7-12,14H2,1-4H3,(H,31,36)/t19-,21-,22+,25-,26+/m1/s1. The molecule has 4 aliphatic rings. The van der Waals surface area contributed by atoms with Crippen LogP contribution in [-0.2, 0) is 30.1 Å². The highest BCUT2D eigenvalue weighted by atomic mass is 19.4. The number of amides is 4. The average molecular weight is 551 g/mol. The Morgan fingerprint density at radius 2 is 1.72 bits per heavy atom. The van der Waals surface area contributed by atoms with Crippen molar-refractivity contribution < 1.29 is 37.1 Å². The zero-order chi connectivity index (χ0) is 28.5. The zero-order valence-electron chi connectivity index (χ0n) is 22.4. The molecule has 0 saturated carbocycles. The van der Waals surface area contributed by atoms with E-state index in [4.69, 9.17) is 4.74 Å². The second-order valence-corrected chi connectivity index (χ2v) is 11.5. The molecule has 39 heavy (non-hydrogen) atoms. The van der Waals surface area contributed by atoms with Crippen LogP contribution >= 0.6 is 0 Å². The number of ether oxygens (including phenoxy) is 1. The summed E-state index contributed by atoms with van der Waals surface area (Å²) in [5.41, 5.74) is -3.24. The fraction of sp³-hybridized carbons (Fsp3) is 0.630. The van der Waals surface area contributed by atoms with Gasteiger partial charge in [0.2, 0.25) is 23.6 Å². The SMILES string of the molecule is CC(=O)N1CCN(CCC(=O)N[C@@H]2C[C@@]3(C)O[C@]2(C)[C@@H]2C(=O)N(c4ccc(C)c(C(F)(F)F)c4)C(=O)[C@@H]23)CC1. The molecule has 0 aromatic heterocycles. The minimum Gasteiger partial charge on any atom is -0.365 e. The molecule has 4 aliphatic heterocycles. The number of carbonyl (C=O) groups is 4. The highest BCUT2D eigenvalue weighted by molar-refractivity contribution is 6.23. The van der Waals surface area contributed by atoms with Crippen molar-refractivity contribution in [3.8, 4) is 0 Å². The number of piperazine rings is 1. The number of hydrogen-bond acceptors (Lipinski definition) is 6. The van der Waals surface area contributed by atoms with E-state index in [1.165, 1.54) is 26.0 Å². The Hall–Kier alpha value is -2.99. The van der Waals surface area contributed by atoms with Crippen LogP contribution in [0, 0.1) is 18.8 Å². The molecule has 4 amide bonds. The van der Waals surface area contributed by atoms with E-state index in [1.54, 1.807) is 18.7 Å². The third-order valence-electron chi connectivity index (χ3n) is 8.93. The lowest BCUT2D eigenvalue weighted by atomic mass is 9.66. The van der Waals surface area contributed by atoms with Crippen molar-refractivity contribution in [3.63, 3.8) is 0 Å². The maximum Gasteiger partial charge on any atom is 0.416 e. The first kappa shape index (κ1) is 27.6. The van der Waals surface area contributed by atoms with Crippen molar-refractivity contribution in [2.24, 2.45) is 11.8 Å². The first-order valence-electron chi connectivity index (χ1n) is 13.2. The molecule has 0 radical (unpaired) electrons. The first-order chi connectivity index (χ1) is 18.2. The molecule has 1 aromatic rings. The van der Waals surface area contributed by atoms with Crippen LogP contribution in [0.5, 0.6) is 0 Å². The van der Waals surface area contributed by atoms with Crippen molar-refractivity contribution in [2.45, 2.75) is 64.0 Å². The van der Waals surface area contributed by atoms with Crippen LogP contribution in [0.2, 0.25) is 0 Å². The molecule has 2 bridgehead atoms. The Morgan fingerprint density at radius 1 is 1.08 bits per heavy atom. The molecule has 5 atom stereocenters. The summed E-state index contributed by atoms with van der Waals surface area (Å²) in [5.74, 6) is -3.15. The van der Waals surface area contributed by atoms with Gasteiger partial charge in [0.25, 0.3) is 0 Å². The first-order valence-corrected chi connectivity index (χ1v) is 13.2. The van der Waals surface area contributed by atoms with E-state index < -0.39 is 52.6 Å². The summed E-state index contributed by atoms with van der Waals surface area (Å²) in [4.78, 5) is 56.2. The molecule has 4 fully saturated rings. The number of imide groups is 1. The van der Waals surface area contributed by atoms with E-state index in [0.717, 1.165) is 11.0 Å². The fourth-order valence-corrected chi connectivity index (χ4v) is 6.87. The largest absolute Gasteiger partial charge is 0.416 e. The van der Waals surface area contributed by atoms with Gasteiger partial charge in [0, 0.05) is 46.1 Å². The van der Waals surface area contributed by atoms with Gasteiger partial charge in [-0.3, -0.25) is 24.1 Å². The van der Waals surface area contributed by atoms with Gasteiger partial charge in [-0.25, -0.2) is 4.90 Å². The van der Waals surface area contributed by atoms with E-state index >= 15 is 0 Å². The Bertz CT molecular complexity index is 1230. The van der Waals surface area contributed by atoms with E-state index in [2.05, 4.69) is 10.2 Å². The normalized spacial score (nSPS) is 32.6. The van der Waals surface area contributed by atoms with Crippen molar-refractivity contribution in [1.82, 2.24) is 15.1 Å². The topological polar surface area (TPSA) is 99.3 Å². The number of rotatable bonds is 5. The van der Waals surface area contributed by atoms with Gasteiger partial charge >= 0.3 is 6.18 Å². The number of nitrogens with one attached hydrogen (secondary N) is 1. The van der Waals surface area contributed by atoms with E-state index in [-0.39, 0.29) is 29.5 Å². The number of halogens is 3. The summed E-state index contributed by atoms with van der Waals surface area (Å²) in [7, 11) is 0. The molecule has 0 spiro atoms. The molecule has 212 valence electrons. The molecule has 0 unspecified atom stereocenters. The lowest BCUT2D eigenvalue weighted by Crippen LogP contribution is -2.56. The van der Waals surface area contributed by atoms with Crippen LogP contribution in [0.1, 0.15) is 44.7 Å². The predicted octanol–water partition coefficient (Wildman–Crippen LogP) is 2.11. The lowest BCUT2D eigenvalue weighted by Gasteiger charge is -2.36. The van der Waals surface area contributed by atoms with Crippen LogP contribution in [0.15, 0.2) is 18.2 Å². The summed E-state index contributed by atoms with van der Waals surface area (Å²) in [6, 6.07) is 2.91. The molecular formula is C27H33F3N4O5. The summed E-state index contributed by atoms with van der Waals surface area (Å²) >= 11 is 0. The minimum absolute atomic E-state index is 0.00336. The number of anilines is 1. The second kappa shape index (κ2) is 9.29. The highest BCUT2D eigenvalue weighted by Crippen LogP contribution is 2.61. The Labute approximate surface area is 224 Å². The summed E-state index contributed by atoms with van der Waals surface area (Å²) in [5, 5.41) is 3.00. The van der Waals surface area contributed by atoms with Gasteiger partial charge in [0.15, 0.2) is 0 Å². The van der Waals surface area contributed by atoms with Crippen molar-refractivity contribution in [3.05, 3.63) is 29.3 Å². The monoisotopic (exact) mass is 550 g/mol. The van der Waals surface area contributed by atoms with E-state index in [1.807, 2.05) is 0 Å². The average Bonchev–Trinajstić information content (AvgIpc) is 3.37. The quantitative estimate of drug-likeness (QED) is 0.564. The smallest absolute Gasteiger partial charge is 0.365 e. The number of aryl methyl sites for hydroxylation is 1. The van der Waals surface area contributed by atoms with Crippen LogP contribution in [-0.4, -0.2) is 83.4 Å². The highest BCUT2D eigenvalue weighted by Gasteiger charge is 2.76. The fourth-order valence-electron chi connectivity index (χ4n) is 6.87. The second-order valence-electron chi connectivity index (χ2n) is 11.5. The number of nitrogens with zero attached hydrogens (tertiary/aromatic N) is 3. The Balaban J connectivity index is 1.29. The number of carbonyl (C=O) groups excluding carboxylic acids is 4.